The third-order valence-electron chi connectivity index (χ3n) is 5.76. The van der Waals surface area contributed by atoms with Crippen molar-refractivity contribution < 1.29 is 14.3 Å². The molecule has 0 N–H and O–H groups in total. The van der Waals surface area contributed by atoms with E-state index in [1.54, 1.807) is 11.9 Å². The van der Waals surface area contributed by atoms with Gasteiger partial charge in [0.2, 0.25) is 5.91 Å². The van der Waals surface area contributed by atoms with Gasteiger partial charge in [0.1, 0.15) is 5.60 Å². The third kappa shape index (κ3) is 5.35. The summed E-state index contributed by atoms with van der Waals surface area (Å²) in [4.78, 5) is 28.7. The molecule has 6 heteroatoms. The molecule has 6 nitrogen and oxygen atoms in total. The summed E-state index contributed by atoms with van der Waals surface area (Å²) in [6, 6.07) is 8.28. The molecule has 2 amide bonds. The van der Waals surface area contributed by atoms with Crippen LogP contribution in [-0.4, -0.2) is 58.7 Å². The van der Waals surface area contributed by atoms with E-state index >= 15 is 0 Å². The van der Waals surface area contributed by atoms with Crippen LogP contribution in [0, 0.1) is 5.92 Å². The van der Waals surface area contributed by atoms with Crippen LogP contribution in [0.1, 0.15) is 46.1 Å². The van der Waals surface area contributed by atoms with Gasteiger partial charge < -0.3 is 19.1 Å². The number of fused-ring (bicyclic) bond motifs is 1. The fraction of sp³-hybridized carbons (Fsp3) is 0.583. The van der Waals surface area contributed by atoms with Crippen molar-refractivity contribution in [2.75, 3.05) is 26.7 Å². The molecule has 2 aromatic rings. The number of carbonyl (C=O) groups excluding carboxylic acids is 2. The summed E-state index contributed by atoms with van der Waals surface area (Å²) in [6.07, 6.45) is 4.10. The molecule has 1 aliphatic heterocycles. The van der Waals surface area contributed by atoms with Crippen molar-refractivity contribution in [2.45, 2.75) is 59.1 Å². The molecule has 3 rings (SSSR count). The molecule has 1 aromatic heterocycles. The fourth-order valence-electron chi connectivity index (χ4n) is 4.17. The van der Waals surface area contributed by atoms with Gasteiger partial charge in [-0.2, -0.15) is 0 Å². The van der Waals surface area contributed by atoms with Crippen LogP contribution in [0.3, 0.4) is 0 Å². The zero-order valence-corrected chi connectivity index (χ0v) is 19.0. The highest BCUT2D eigenvalue weighted by Crippen LogP contribution is 2.24. The predicted molar refractivity (Wildman–Crippen MR) is 119 cm³/mol. The van der Waals surface area contributed by atoms with E-state index in [2.05, 4.69) is 29.8 Å². The second kappa shape index (κ2) is 9.11. The number of para-hydroxylation sites is 1. The third-order valence-corrected chi connectivity index (χ3v) is 5.76. The number of hydrogen-bond acceptors (Lipinski definition) is 3. The van der Waals surface area contributed by atoms with E-state index in [9.17, 15) is 9.59 Å². The summed E-state index contributed by atoms with van der Waals surface area (Å²) in [5.74, 6) is 0.585. The van der Waals surface area contributed by atoms with E-state index in [1.807, 2.05) is 37.8 Å². The van der Waals surface area contributed by atoms with Crippen molar-refractivity contribution in [1.82, 2.24) is 14.4 Å². The minimum Gasteiger partial charge on any atom is -0.444 e. The Labute approximate surface area is 179 Å². The van der Waals surface area contributed by atoms with Gasteiger partial charge in [0.25, 0.3) is 0 Å². The molecule has 1 fully saturated rings. The van der Waals surface area contributed by atoms with Gasteiger partial charge >= 0.3 is 6.09 Å². The lowest BCUT2D eigenvalue weighted by Crippen LogP contribution is -2.43. The Balaban J connectivity index is 1.53. The van der Waals surface area contributed by atoms with Crippen molar-refractivity contribution in [3.8, 4) is 0 Å². The Morgan fingerprint density at radius 1 is 1.17 bits per heavy atom. The van der Waals surface area contributed by atoms with Crippen LogP contribution in [0.5, 0.6) is 0 Å². The average Bonchev–Trinajstić information content (AvgIpc) is 3.05. The molecule has 0 unspecified atom stereocenters. The Morgan fingerprint density at radius 2 is 1.83 bits per heavy atom. The van der Waals surface area contributed by atoms with Gasteiger partial charge in [-0.05, 0) is 58.1 Å². The Morgan fingerprint density at radius 3 is 2.47 bits per heavy atom. The van der Waals surface area contributed by atoms with Crippen molar-refractivity contribution in [2.24, 2.45) is 5.92 Å². The maximum Gasteiger partial charge on any atom is 0.410 e. The van der Waals surface area contributed by atoms with Gasteiger partial charge in [0.05, 0.1) is 6.42 Å². The van der Waals surface area contributed by atoms with Crippen molar-refractivity contribution in [3.05, 3.63) is 36.0 Å². The number of amides is 2. The number of aryl methyl sites for hydroxylation is 1. The molecule has 0 bridgehead atoms. The monoisotopic (exact) mass is 413 g/mol. The molecule has 1 aromatic carbocycles. The lowest BCUT2D eigenvalue weighted by atomic mass is 9.96. The molecule has 30 heavy (non-hydrogen) atoms. The van der Waals surface area contributed by atoms with Gasteiger partial charge in [-0.3, -0.25) is 4.79 Å². The van der Waals surface area contributed by atoms with E-state index in [1.165, 1.54) is 10.9 Å². The second-order valence-corrected chi connectivity index (χ2v) is 9.32. The quantitative estimate of drug-likeness (QED) is 0.734. The average molecular weight is 414 g/mol. The van der Waals surface area contributed by atoms with Crippen LogP contribution >= 0.6 is 0 Å². The molecule has 0 aliphatic carbocycles. The van der Waals surface area contributed by atoms with Gasteiger partial charge in [-0.15, -0.1) is 0 Å². The van der Waals surface area contributed by atoms with Crippen LogP contribution in [0.4, 0.5) is 4.79 Å². The lowest BCUT2D eigenvalue weighted by molar-refractivity contribution is -0.131. The standard InChI is InChI=1S/C24H35N3O3/c1-6-26-17-19(20-9-7-8-10-21(20)26)15-22(28)27-13-11-18(12-14-27)16-25(5)23(29)30-24(2,3)4/h7-10,17-18H,6,11-16H2,1-5H3. The Kier molecular flexibility index (Phi) is 6.74. The number of likely N-dealkylation sites (tertiary alicyclic amines) is 1. The predicted octanol–water partition coefficient (Wildman–Crippen LogP) is 4.31. The molecular weight excluding hydrogens is 378 g/mol. The van der Waals surface area contributed by atoms with E-state index in [4.69, 9.17) is 4.74 Å². The van der Waals surface area contributed by atoms with Gasteiger partial charge in [-0.25, -0.2) is 4.79 Å². The topological polar surface area (TPSA) is 54.8 Å². The molecule has 0 saturated carbocycles. The maximum atomic E-state index is 12.9. The molecule has 0 atom stereocenters. The number of aromatic nitrogens is 1. The van der Waals surface area contributed by atoms with E-state index in [-0.39, 0.29) is 12.0 Å². The number of rotatable bonds is 5. The summed E-state index contributed by atoms with van der Waals surface area (Å²) < 4.78 is 7.64. The first-order valence-corrected chi connectivity index (χ1v) is 11.0. The zero-order chi connectivity index (χ0) is 21.9. The van der Waals surface area contributed by atoms with E-state index < -0.39 is 5.60 Å². The first-order chi connectivity index (χ1) is 14.2. The maximum absolute atomic E-state index is 12.9. The highest BCUT2D eigenvalue weighted by Gasteiger charge is 2.27. The van der Waals surface area contributed by atoms with Gasteiger partial charge in [0, 0.05) is 50.3 Å². The Hall–Kier alpha value is -2.50. The first-order valence-electron chi connectivity index (χ1n) is 11.0. The number of ether oxygens (including phenoxy) is 1. The molecule has 0 radical (unpaired) electrons. The first kappa shape index (κ1) is 22.2. The fourth-order valence-corrected chi connectivity index (χ4v) is 4.17. The number of piperidine rings is 1. The number of carbonyl (C=O) groups is 2. The van der Waals surface area contributed by atoms with Crippen molar-refractivity contribution >= 4 is 22.9 Å². The second-order valence-electron chi connectivity index (χ2n) is 9.32. The molecule has 1 aliphatic rings. The van der Waals surface area contributed by atoms with Gasteiger partial charge in [-0.1, -0.05) is 18.2 Å². The van der Waals surface area contributed by atoms with Crippen molar-refractivity contribution in [3.63, 3.8) is 0 Å². The summed E-state index contributed by atoms with van der Waals surface area (Å²) in [6.45, 7) is 10.8. The van der Waals surface area contributed by atoms with Gasteiger partial charge in [0.15, 0.2) is 0 Å². The van der Waals surface area contributed by atoms with Crippen LogP contribution < -0.4 is 0 Å². The highest BCUT2D eigenvalue weighted by atomic mass is 16.6. The number of nitrogens with zero attached hydrogens (tertiary/aromatic N) is 3. The molecule has 2 heterocycles. The highest BCUT2D eigenvalue weighted by molar-refractivity contribution is 5.89. The zero-order valence-electron chi connectivity index (χ0n) is 19.0. The minimum absolute atomic E-state index is 0.188. The largest absolute Gasteiger partial charge is 0.444 e. The smallest absolute Gasteiger partial charge is 0.410 e. The molecular formula is C24H35N3O3. The van der Waals surface area contributed by atoms with Crippen LogP contribution in [0.25, 0.3) is 10.9 Å². The normalized spacial score (nSPS) is 15.4. The van der Waals surface area contributed by atoms with Crippen molar-refractivity contribution in [1.29, 1.82) is 0 Å². The summed E-state index contributed by atoms with van der Waals surface area (Å²) >= 11 is 0. The lowest BCUT2D eigenvalue weighted by Gasteiger charge is -2.34. The van der Waals surface area contributed by atoms with E-state index in [0.717, 1.165) is 38.0 Å². The Bertz CT molecular complexity index is 889. The summed E-state index contributed by atoms with van der Waals surface area (Å²) in [5.41, 5.74) is 1.80. The summed E-state index contributed by atoms with van der Waals surface area (Å²) in [7, 11) is 1.79. The van der Waals surface area contributed by atoms with E-state index in [0.29, 0.717) is 18.9 Å². The number of benzene rings is 1. The van der Waals surface area contributed by atoms with Crippen LogP contribution in [0.15, 0.2) is 30.5 Å². The van der Waals surface area contributed by atoms with Crippen LogP contribution in [0.2, 0.25) is 0 Å². The molecule has 1 saturated heterocycles. The molecule has 164 valence electrons. The number of hydrogen-bond donors (Lipinski definition) is 0. The molecule has 0 spiro atoms. The minimum atomic E-state index is -0.484. The van der Waals surface area contributed by atoms with Crippen LogP contribution in [-0.2, 0) is 22.5 Å². The SMILES string of the molecule is CCn1cc(CC(=O)N2CCC(CN(C)C(=O)OC(C)(C)C)CC2)c2ccccc21. The summed E-state index contributed by atoms with van der Waals surface area (Å²) in [5, 5.41) is 1.17.